The highest BCUT2D eigenvalue weighted by molar-refractivity contribution is 6.31. The molecule has 2 fully saturated rings. The quantitative estimate of drug-likeness (QED) is 0.283. The van der Waals surface area contributed by atoms with Crippen molar-refractivity contribution < 1.29 is 23.9 Å². The summed E-state index contributed by atoms with van der Waals surface area (Å²) in [6, 6.07) is 18.2. The van der Waals surface area contributed by atoms with E-state index in [1.807, 2.05) is 42.6 Å². The molecule has 0 unspecified atom stereocenters. The van der Waals surface area contributed by atoms with Gasteiger partial charge in [-0.05, 0) is 60.4 Å². The van der Waals surface area contributed by atoms with Crippen LogP contribution in [0.3, 0.4) is 0 Å². The fourth-order valence-electron chi connectivity index (χ4n) is 7.04. The molecular weight excluding hydrogens is 556 g/mol. The summed E-state index contributed by atoms with van der Waals surface area (Å²) >= 11 is 6.40. The molecule has 0 bridgehead atoms. The van der Waals surface area contributed by atoms with Crippen molar-refractivity contribution in [3.63, 3.8) is 0 Å². The van der Waals surface area contributed by atoms with Crippen LogP contribution in [0.15, 0.2) is 66.9 Å². The number of nitrogens with zero attached hydrogens (tertiary/aromatic N) is 1. The molecular formula is C32H29ClN4O5. The largest absolute Gasteiger partial charge is 0.493 e. The number of hydrogen-bond donors (Lipinski definition) is 3. The molecule has 4 aromatic rings. The lowest BCUT2D eigenvalue weighted by molar-refractivity contribution is -0.142. The first-order valence-corrected chi connectivity index (χ1v) is 14.2. The van der Waals surface area contributed by atoms with Crippen LogP contribution in [0.5, 0.6) is 11.5 Å². The van der Waals surface area contributed by atoms with Crippen LogP contribution in [0.4, 0.5) is 5.69 Å². The number of methoxy groups -OCH3 is 2. The number of hydrogen-bond acceptors (Lipinski definition) is 6. The maximum Gasteiger partial charge on any atom is 0.250 e. The highest BCUT2D eigenvalue weighted by atomic mass is 35.5. The Morgan fingerprint density at radius 1 is 0.952 bits per heavy atom. The van der Waals surface area contributed by atoms with E-state index in [0.717, 1.165) is 22.0 Å². The molecule has 0 aliphatic carbocycles. The molecule has 42 heavy (non-hydrogen) atoms. The third kappa shape index (κ3) is 3.84. The van der Waals surface area contributed by atoms with Crippen LogP contribution in [0.2, 0.25) is 5.02 Å². The Morgan fingerprint density at radius 3 is 2.57 bits per heavy atom. The van der Waals surface area contributed by atoms with Crippen molar-refractivity contribution in [2.24, 2.45) is 11.8 Å². The van der Waals surface area contributed by atoms with Crippen LogP contribution >= 0.6 is 11.6 Å². The van der Waals surface area contributed by atoms with Crippen LogP contribution in [0, 0.1) is 11.8 Å². The molecule has 3 aliphatic heterocycles. The van der Waals surface area contributed by atoms with E-state index in [-0.39, 0.29) is 24.3 Å². The van der Waals surface area contributed by atoms with Gasteiger partial charge >= 0.3 is 0 Å². The number of halogens is 1. The van der Waals surface area contributed by atoms with Gasteiger partial charge in [-0.25, -0.2) is 0 Å². The fourth-order valence-corrected chi connectivity index (χ4v) is 7.22. The van der Waals surface area contributed by atoms with Gasteiger partial charge in [0.2, 0.25) is 17.7 Å². The number of carbonyl (C=O) groups excluding carboxylic acids is 3. The van der Waals surface area contributed by atoms with Gasteiger partial charge in [0.1, 0.15) is 5.54 Å². The number of imide groups is 1. The molecule has 1 spiro atoms. The number of para-hydroxylation sites is 1. The first kappa shape index (κ1) is 26.6. The van der Waals surface area contributed by atoms with Gasteiger partial charge in [-0.2, -0.15) is 0 Å². The minimum atomic E-state index is -1.41. The lowest BCUT2D eigenvalue weighted by Crippen LogP contribution is -2.53. The van der Waals surface area contributed by atoms with Crippen molar-refractivity contribution in [2.75, 3.05) is 26.1 Å². The van der Waals surface area contributed by atoms with Crippen molar-refractivity contribution in [2.45, 2.75) is 24.4 Å². The number of fused-ring (bicyclic) bond motifs is 5. The van der Waals surface area contributed by atoms with Gasteiger partial charge < -0.3 is 19.8 Å². The predicted molar refractivity (Wildman–Crippen MR) is 158 cm³/mol. The zero-order chi connectivity index (χ0) is 29.2. The molecule has 3 amide bonds. The number of ether oxygens (including phenoxy) is 2. The van der Waals surface area contributed by atoms with Gasteiger partial charge in [0.05, 0.1) is 26.1 Å². The highest BCUT2D eigenvalue weighted by Crippen LogP contribution is 2.54. The number of rotatable bonds is 7. The Hall–Kier alpha value is -4.34. The monoisotopic (exact) mass is 584 g/mol. The van der Waals surface area contributed by atoms with Crippen LogP contribution < -0.4 is 20.1 Å². The second-order valence-corrected chi connectivity index (χ2v) is 11.5. The summed E-state index contributed by atoms with van der Waals surface area (Å²) in [7, 11) is 3.13. The summed E-state index contributed by atoms with van der Waals surface area (Å²) in [5.74, 6) is -1.45. The first-order valence-electron chi connectivity index (χ1n) is 13.9. The average Bonchev–Trinajstić information content (AvgIpc) is 3.71. The number of amides is 3. The summed E-state index contributed by atoms with van der Waals surface area (Å²) < 4.78 is 10.8. The number of benzene rings is 3. The molecule has 0 saturated carbocycles. The lowest BCUT2D eigenvalue weighted by Gasteiger charge is -2.29. The number of nitrogens with one attached hydrogen (secondary N) is 3. The van der Waals surface area contributed by atoms with E-state index in [2.05, 4.69) is 15.6 Å². The summed E-state index contributed by atoms with van der Waals surface area (Å²) in [6.07, 6.45) is 2.82. The Bertz CT molecular complexity index is 1770. The molecule has 3 N–H and O–H groups in total. The van der Waals surface area contributed by atoms with Crippen molar-refractivity contribution in [1.82, 2.24) is 15.2 Å². The van der Waals surface area contributed by atoms with Crippen molar-refractivity contribution in [1.29, 1.82) is 0 Å². The Morgan fingerprint density at radius 2 is 1.76 bits per heavy atom. The number of carbonyl (C=O) groups is 3. The Labute approximate surface area is 247 Å². The SMILES string of the molecule is COc1ccc(CCN2C(=O)[C@H]3[C@@H](C2=O)[C@]2(N[C@@H]3Cc3c[nH]c4ccccc34)C(=O)Nc3ccc(Cl)cc32)cc1OC. The van der Waals surface area contributed by atoms with Crippen molar-refractivity contribution in [3.8, 4) is 11.5 Å². The summed E-state index contributed by atoms with van der Waals surface area (Å²) in [6.45, 7) is 0.181. The van der Waals surface area contributed by atoms with E-state index in [0.29, 0.717) is 40.6 Å². The van der Waals surface area contributed by atoms with E-state index in [1.165, 1.54) is 4.90 Å². The number of anilines is 1. The second kappa shape index (κ2) is 9.89. The maximum absolute atomic E-state index is 14.2. The van der Waals surface area contributed by atoms with Crippen LogP contribution in [-0.2, 0) is 32.8 Å². The van der Waals surface area contributed by atoms with Crippen molar-refractivity contribution >= 4 is 45.9 Å². The number of H-pyrrole nitrogens is 1. The third-order valence-electron chi connectivity index (χ3n) is 8.96. The second-order valence-electron chi connectivity index (χ2n) is 11.0. The highest BCUT2D eigenvalue weighted by Gasteiger charge is 2.70. The van der Waals surface area contributed by atoms with Gasteiger partial charge in [0, 0.05) is 46.0 Å². The summed E-state index contributed by atoms with van der Waals surface area (Å²) in [5.41, 5.74) is 2.66. The van der Waals surface area contributed by atoms with Gasteiger partial charge in [-0.3, -0.25) is 24.6 Å². The zero-order valence-corrected chi connectivity index (χ0v) is 23.8. The molecule has 0 radical (unpaired) electrons. The molecule has 10 heteroatoms. The van der Waals surface area contributed by atoms with Crippen LogP contribution in [-0.4, -0.2) is 54.4 Å². The van der Waals surface area contributed by atoms with Gasteiger partial charge in [0.25, 0.3) is 0 Å². The molecule has 3 aromatic carbocycles. The van der Waals surface area contributed by atoms with Crippen LogP contribution in [0.1, 0.15) is 16.7 Å². The van der Waals surface area contributed by atoms with Gasteiger partial charge in [-0.15, -0.1) is 0 Å². The number of aromatic amines is 1. The normalized spacial score (nSPS) is 24.4. The lowest BCUT2D eigenvalue weighted by atomic mass is 9.76. The molecule has 4 atom stereocenters. The summed E-state index contributed by atoms with van der Waals surface area (Å²) in [5, 5.41) is 7.93. The van der Waals surface area contributed by atoms with E-state index in [4.69, 9.17) is 21.1 Å². The predicted octanol–water partition coefficient (Wildman–Crippen LogP) is 4.04. The smallest absolute Gasteiger partial charge is 0.250 e. The van der Waals surface area contributed by atoms with E-state index in [1.54, 1.807) is 38.5 Å². The van der Waals surface area contributed by atoms with Gasteiger partial charge in [0.15, 0.2) is 11.5 Å². The molecule has 7 rings (SSSR count). The molecule has 1 aromatic heterocycles. The Kier molecular flexibility index (Phi) is 6.25. The molecule has 214 valence electrons. The minimum Gasteiger partial charge on any atom is -0.493 e. The van der Waals surface area contributed by atoms with E-state index >= 15 is 0 Å². The molecule has 9 nitrogen and oxygen atoms in total. The standard InChI is InChI=1S/C32H29ClN4O5/c1-41-25-10-7-17(13-26(25)42-2)11-12-37-29(38)27-24(14-18-16-34-22-6-4-3-5-20(18)22)36-32(28(27)30(37)39)21-15-19(33)8-9-23(21)35-31(32)40/h3-10,13,15-16,24,27-28,34,36H,11-12,14H2,1-2H3,(H,35,40)/t24-,27-,28+,32+/m1/s1. The Balaban J connectivity index is 1.26. The third-order valence-corrected chi connectivity index (χ3v) is 9.19. The maximum atomic E-state index is 14.2. The number of likely N-dealkylation sites (tertiary alicyclic amines) is 1. The molecule has 2 saturated heterocycles. The average molecular weight is 585 g/mol. The number of aromatic nitrogens is 1. The molecule has 3 aliphatic rings. The van der Waals surface area contributed by atoms with E-state index < -0.39 is 23.4 Å². The zero-order valence-electron chi connectivity index (χ0n) is 23.1. The fraction of sp³-hybridized carbons (Fsp3) is 0.281. The van der Waals surface area contributed by atoms with Crippen molar-refractivity contribution in [3.05, 3.63) is 88.6 Å². The minimum absolute atomic E-state index is 0.181. The summed E-state index contributed by atoms with van der Waals surface area (Å²) in [4.78, 5) is 46.8. The topological polar surface area (TPSA) is 113 Å². The first-order chi connectivity index (χ1) is 20.3. The molecule has 4 heterocycles. The van der Waals surface area contributed by atoms with Crippen LogP contribution in [0.25, 0.3) is 10.9 Å². The van der Waals surface area contributed by atoms with E-state index in [9.17, 15) is 14.4 Å². The van der Waals surface area contributed by atoms with Gasteiger partial charge in [-0.1, -0.05) is 35.9 Å².